The van der Waals surface area contributed by atoms with E-state index in [1.165, 1.54) is 0 Å². The van der Waals surface area contributed by atoms with E-state index in [-0.39, 0.29) is 5.91 Å². The molecule has 5 nitrogen and oxygen atoms in total. The van der Waals surface area contributed by atoms with Gasteiger partial charge in [-0.3, -0.25) is 9.78 Å². The summed E-state index contributed by atoms with van der Waals surface area (Å²) in [5.41, 5.74) is 4.20. The van der Waals surface area contributed by atoms with Gasteiger partial charge in [-0.1, -0.05) is 24.6 Å². The predicted octanol–water partition coefficient (Wildman–Crippen LogP) is 3.75. The van der Waals surface area contributed by atoms with Crippen LogP contribution in [0.5, 0.6) is 0 Å². The van der Waals surface area contributed by atoms with Crippen molar-refractivity contribution in [2.45, 2.75) is 20.8 Å². The molecule has 2 heterocycles. The van der Waals surface area contributed by atoms with Gasteiger partial charge in [-0.25, -0.2) is 0 Å². The van der Waals surface area contributed by atoms with E-state index in [2.05, 4.69) is 27.0 Å². The molecular weight excluding hydrogens is 348 g/mol. The Kier molecular flexibility index (Phi) is 5.79. The molecule has 1 N–H and O–H groups in total. The number of aryl methyl sites for hydroxylation is 2. The average Bonchev–Trinajstić information content (AvgIpc) is 2.64. The van der Waals surface area contributed by atoms with Gasteiger partial charge in [0.15, 0.2) is 0 Å². The second-order valence-electron chi connectivity index (χ2n) is 6.75. The van der Waals surface area contributed by atoms with Crippen LogP contribution in [0.1, 0.15) is 28.4 Å². The van der Waals surface area contributed by atoms with Crippen LogP contribution in [0.3, 0.4) is 0 Å². The van der Waals surface area contributed by atoms with Gasteiger partial charge in [0.05, 0.1) is 28.2 Å². The van der Waals surface area contributed by atoms with Crippen LogP contribution in [0.15, 0.2) is 30.6 Å². The summed E-state index contributed by atoms with van der Waals surface area (Å²) in [7, 11) is 0. The molecule has 1 aliphatic heterocycles. The third-order valence-electron chi connectivity index (χ3n) is 4.84. The maximum Gasteiger partial charge on any atom is 0.257 e. The largest absolute Gasteiger partial charge is 0.368 e. The first-order chi connectivity index (χ1) is 12.5. The molecule has 0 spiro atoms. The van der Waals surface area contributed by atoms with Gasteiger partial charge in [0.25, 0.3) is 5.91 Å². The lowest BCUT2D eigenvalue weighted by molar-refractivity contribution is 0.102. The average molecular weight is 373 g/mol. The Bertz CT molecular complexity index is 777. The van der Waals surface area contributed by atoms with Crippen LogP contribution >= 0.6 is 11.6 Å². The number of nitrogens with one attached hydrogen (secondary N) is 1. The van der Waals surface area contributed by atoms with Crippen molar-refractivity contribution in [3.8, 4) is 0 Å². The number of hydrogen-bond acceptors (Lipinski definition) is 4. The lowest BCUT2D eigenvalue weighted by Crippen LogP contribution is -2.46. The highest BCUT2D eigenvalue weighted by Gasteiger charge is 2.18. The summed E-state index contributed by atoms with van der Waals surface area (Å²) in [6.07, 6.45) is 3.42. The van der Waals surface area contributed by atoms with Crippen molar-refractivity contribution in [1.29, 1.82) is 0 Å². The molecule has 138 valence electrons. The minimum absolute atomic E-state index is 0.194. The molecule has 0 saturated carbocycles. The molecule has 1 aromatic carbocycles. The molecule has 0 bridgehead atoms. The zero-order chi connectivity index (χ0) is 18.7. The second kappa shape index (κ2) is 8.06. The zero-order valence-corrected chi connectivity index (χ0v) is 16.3. The molecule has 3 rings (SSSR count). The highest BCUT2D eigenvalue weighted by molar-refractivity contribution is 6.34. The molecule has 1 aromatic heterocycles. The SMILES string of the molecule is CCN1CCN(c2cncc(C(=O)Nc3c(C)cc(C)cc3Cl)c2)CC1. The fourth-order valence-corrected chi connectivity index (χ4v) is 3.68. The van der Waals surface area contributed by atoms with Crippen molar-refractivity contribution in [1.82, 2.24) is 9.88 Å². The molecule has 2 aromatic rings. The molecule has 1 amide bonds. The van der Waals surface area contributed by atoms with Gasteiger partial charge in [0.2, 0.25) is 0 Å². The Labute approximate surface area is 160 Å². The van der Waals surface area contributed by atoms with E-state index in [0.717, 1.165) is 49.5 Å². The van der Waals surface area contributed by atoms with Gasteiger partial charge < -0.3 is 15.1 Å². The van der Waals surface area contributed by atoms with E-state index < -0.39 is 0 Å². The number of rotatable bonds is 4. The number of carbonyl (C=O) groups excluding carboxylic acids is 1. The maximum absolute atomic E-state index is 12.7. The monoisotopic (exact) mass is 372 g/mol. The lowest BCUT2D eigenvalue weighted by atomic mass is 10.1. The summed E-state index contributed by atoms with van der Waals surface area (Å²) >= 11 is 6.30. The van der Waals surface area contributed by atoms with E-state index in [1.54, 1.807) is 6.20 Å². The Morgan fingerprint density at radius 3 is 2.54 bits per heavy atom. The fourth-order valence-electron chi connectivity index (χ4n) is 3.31. The number of aromatic nitrogens is 1. The van der Waals surface area contributed by atoms with Crippen molar-refractivity contribution in [3.05, 3.63) is 52.3 Å². The summed E-state index contributed by atoms with van der Waals surface area (Å²) in [4.78, 5) is 21.7. The van der Waals surface area contributed by atoms with Crippen molar-refractivity contribution < 1.29 is 4.79 Å². The molecule has 0 atom stereocenters. The van der Waals surface area contributed by atoms with Crippen LogP contribution in [0.2, 0.25) is 5.02 Å². The standard InChI is InChI=1S/C20H25ClN4O/c1-4-24-5-7-25(8-6-24)17-11-16(12-22-13-17)20(26)23-19-15(3)9-14(2)10-18(19)21/h9-13H,4-8H2,1-3H3,(H,23,26). The summed E-state index contributed by atoms with van der Waals surface area (Å²) in [6, 6.07) is 5.76. The van der Waals surface area contributed by atoms with Gasteiger partial charge in [0.1, 0.15) is 0 Å². The van der Waals surface area contributed by atoms with Crippen molar-refractivity contribution in [3.63, 3.8) is 0 Å². The van der Waals surface area contributed by atoms with Gasteiger partial charge in [0, 0.05) is 32.4 Å². The summed E-state index contributed by atoms with van der Waals surface area (Å²) in [5, 5.41) is 3.48. The molecule has 1 saturated heterocycles. The molecule has 0 radical (unpaired) electrons. The maximum atomic E-state index is 12.7. The first-order valence-electron chi connectivity index (χ1n) is 8.98. The Morgan fingerprint density at radius 2 is 1.88 bits per heavy atom. The Hall–Kier alpha value is -2.11. The van der Waals surface area contributed by atoms with Crippen LogP contribution in [-0.2, 0) is 0 Å². The van der Waals surface area contributed by atoms with Crippen LogP contribution in [0.25, 0.3) is 0 Å². The van der Waals surface area contributed by atoms with E-state index in [0.29, 0.717) is 16.3 Å². The predicted molar refractivity (Wildman–Crippen MR) is 107 cm³/mol. The van der Waals surface area contributed by atoms with Crippen LogP contribution in [0.4, 0.5) is 11.4 Å². The van der Waals surface area contributed by atoms with Crippen molar-refractivity contribution in [2.75, 3.05) is 42.9 Å². The topological polar surface area (TPSA) is 48.5 Å². The summed E-state index contributed by atoms with van der Waals surface area (Å²) in [5.74, 6) is -0.194. The van der Waals surface area contributed by atoms with Gasteiger partial charge in [-0.2, -0.15) is 0 Å². The third kappa shape index (κ3) is 4.17. The number of pyridine rings is 1. The Morgan fingerprint density at radius 1 is 1.15 bits per heavy atom. The minimum atomic E-state index is -0.194. The zero-order valence-electron chi connectivity index (χ0n) is 15.6. The molecule has 1 aliphatic rings. The number of nitrogens with zero attached hydrogens (tertiary/aromatic N) is 3. The van der Waals surface area contributed by atoms with E-state index in [4.69, 9.17) is 11.6 Å². The van der Waals surface area contributed by atoms with E-state index in [1.807, 2.05) is 38.2 Å². The van der Waals surface area contributed by atoms with Gasteiger partial charge >= 0.3 is 0 Å². The van der Waals surface area contributed by atoms with E-state index in [9.17, 15) is 4.79 Å². The first-order valence-corrected chi connectivity index (χ1v) is 9.36. The van der Waals surface area contributed by atoms with Crippen molar-refractivity contribution in [2.24, 2.45) is 0 Å². The quantitative estimate of drug-likeness (QED) is 0.888. The number of likely N-dealkylation sites (N-methyl/N-ethyl adjacent to an activating group) is 1. The highest BCUT2D eigenvalue weighted by Crippen LogP contribution is 2.28. The van der Waals surface area contributed by atoms with Gasteiger partial charge in [-0.05, 0) is 43.7 Å². The number of anilines is 2. The fraction of sp³-hybridized carbons (Fsp3) is 0.400. The first kappa shape index (κ1) is 18.7. The summed E-state index contributed by atoms with van der Waals surface area (Å²) in [6.45, 7) is 11.1. The number of amides is 1. The molecular formula is C20H25ClN4O. The second-order valence-corrected chi connectivity index (χ2v) is 7.15. The molecule has 1 fully saturated rings. The molecule has 6 heteroatoms. The summed E-state index contributed by atoms with van der Waals surface area (Å²) < 4.78 is 0. The van der Waals surface area contributed by atoms with Crippen LogP contribution in [-0.4, -0.2) is 48.5 Å². The van der Waals surface area contributed by atoms with E-state index >= 15 is 0 Å². The molecule has 0 unspecified atom stereocenters. The number of carbonyl (C=O) groups is 1. The highest BCUT2D eigenvalue weighted by atomic mass is 35.5. The molecule has 26 heavy (non-hydrogen) atoms. The van der Waals surface area contributed by atoms with Gasteiger partial charge in [-0.15, -0.1) is 0 Å². The number of piperazine rings is 1. The normalized spacial score (nSPS) is 15.2. The van der Waals surface area contributed by atoms with Crippen LogP contribution in [0, 0.1) is 13.8 Å². The lowest BCUT2D eigenvalue weighted by Gasteiger charge is -2.35. The molecule has 0 aliphatic carbocycles. The minimum Gasteiger partial charge on any atom is -0.368 e. The van der Waals surface area contributed by atoms with Crippen molar-refractivity contribution >= 4 is 28.9 Å². The Balaban J connectivity index is 1.75. The number of hydrogen-bond donors (Lipinski definition) is 1. The smallest absolute Gasteiger partial charge is 0.257 e. The third-order valence-corrected chi connectivity index (χ3v) is 5.14. The number of halogens is 1. The van der Waals surface area contributed by atoms with Crippen LogP contribution < -0.4 is 10.2 Å². The number of benzene rings is 1.